The van der Waals surface area contributed by atoms with Crippen molar-refractivity contribution in [1.82, 2.24) is 9.80 Å². The lowest BCUT2D eigenvalue weighted by Crippen LogP contribution is -2.49. The Morgan fingerprint density at radius 1 is 0.784 bits per heavy atom. The van der Waals surface area contributed by atoms with Crippen LogP contribution >= 0.6 is 0 Å². The van der Waals surface area contributed by atoms with E-state index in [1.807, 2.05) is 23.1 Å². The van der Waals surface area contributed by atoms with E-state index in [0.717, 1.165) is 81.3 Å². The van der Waals surface area contributed by atoms with Crippen LogP contribution in [0.25, 0.3) is 0 Å². The summed E-state index contributed by atoms with van der Waals surface area (Å²) in [5.41, 5.74) is 7.74. The summed E-state index contributed by atoms with van der Waals surface area (Å²) in [6, 6.07) is 23.0. The molecule has 0 spiro atoms. The molecule has 0 N–H and O–H groups in total. The van der Waals surface area contributed by atoms with Crippen molar-refractivity contribution in [2.75, 3.05) is 62.2 Å². The lowest BCUT2D eigenvalue weighted by atomic mass is 9.98. The van der Waals surface area contributed by atoms with Crippen molar-refractivity contribution in [3.05, 3.63) is 94.5 Å². The number of anilines is 2. The van der Waals surface area contributed by atoms with Crippen LogP contribution in [0.4, 0.5) is 11.4 Å². The molecular weight excluding hydrogens is 456 g/mol. The van der Waals surface area contributed by atoms with Gasteiger partial charge >= 0.3 is 0 Å². The fourth-order valence-corrected chi connectivity index (χ4v) is 5.53. The SMILES string of the molecule is C#Cc1ccccc1N1CCN(Cc2cc(C(=O)N3CCN(c4ccccc4)CC3)c(C)cc2C)CC1. The predicted octanol–water partition coefficient (Wildman–Crippen LogP) is 4.57. The Morgan fingerprint density at radius 2 is 1.43 bits per heavy atom. The third kappa shape index (κ3) is 5.50. The maximum absolute atomic E-state index is 13.6. The summed E-state index contributed by atoms with van der Waals surface area (Å²) in [6.07, 6.45) is 5.72. The summed E-state index contributed by atoms with van der Waals surface area (Å²) in [5, 5.41) is 0. The number of hydrogen-bond acceptors (Lipinski definition) is 4. The molecule has 0 aliphatic carbocycles. The van der Waals surface area contributed by atoms with Gasteiger partial charge in [-0.25, -0.2) is 0 Å². The summed E-state index contributed by atoms with van der Waals surface area (Å²) in [5.74, 6) is 2.97. The number of aryl methyl sites for hydroxylation is 2. The quantitative estimate of drug-likeness (QED) is 0.488. The van der Waals surface area contributed by atoms with E-state index in [4.69, 9.17) is 6.42 Å². The standard InChI is InChI=1S/C32H36N4O/c1-4-27-10-8-9-13-31(27)35-16-14-33(15-17-35)24-28-23-30(26(3)22-25(28)2)32(37)36-20-18-34(19-21-36)29-11-6-5-7-12-29/h1,5-13,22-23H,14-21,24H2,2-3H3. The van der Waals surface area contributed by atoms with Crippen LogP contribution in [0.1, 0.15) is 32.6 Å². The van der Waals surface area contributed by atoms with Crippen molar-refractivity contribution < 1.29 is 4.79 Å². The summed E-state index contributed by atoms with van der Waals surface area (Å²) >= 11 is 0. The van der Waals surface area contributed by atoms with Gasteiger partial charge in [0.25, 0.3) is 5.91 Å². The lowest BCUT2D eigenvalue weighted by Gasteiger charge is -2.37. The summed E-state index contributed by atoms with van der Waals surface area (Å²) in [4.78, 5) is 22.8. The maximum Gasteiger partial charge on any atom is 0.254 e. The summed E-state index contributed by atoms with van der Waals surface area (Å²) < 4.78 is 0. The van der Waals surface area contributed by atoms with Crippen LogP contribution < -0.4 is 9.80 Å². The second kappa shape index (κ2) is 11.1. The molecule has 5 rings (SSSR count). The number of carbonyl (C=O) groups is 1. The Balaban J connectivity index is 1.22. The van der Waals surface area contributed by atoms with Crippen molar-refractivity contribution in [3.8, 4) is 12.3 Å². The highest BCUT2D eigenvalue weighted by atomic mass is 16.2. The van der Waals surface area contributed by atoms with Crippen molar-refractivity contribution in [2.45, 2.75) is 20.4 Å². The van der Waals surface area contributed by atoms with E-state index in [2.05, 4.69) is 83.0 Å². The highest BCUT2D eigenvalue weighted by Gasteiger charge is 2.25. The van der Waals surface area contributed by atoms with Gasteiger partial charge in [-0.3, -0.25) is 9.69 Å². The highest BCUT2D eigenvalue weighted by molar-refractivity contribution is 5.96. The first-order valence-electron chi connectivity index (χ1n) is 13.3. The fourth-order valence-electron chi connectivity index (χ4n) is 5.53. The second-order valence-electron chi connectivity index (χ2n) is 10.1. The Kier molecular flexibility index (Phi) is 7.48. The Morgan fingerprint density at radius 3 is 2.14 bits per heavy atom. The van der Waals surface area contributed by atoms with Crippen LogP contribution in [-0.4, -0.2) is 68.1 Å². The predicted molar refractivity (Wildman–Crippen MR) is 152 cm³/mol. The average molecular weight is 493 g/mol. The van der Waals surface area contributed by atoms with Gasteiger partial charge in [0.15, 0.2) is 0 Å². The highest BCUT2D eigenvalue weighted by Crippen LogP contribution is 2.24. The van der Waals surface area contributed by atoms with E-state index in [9.17, 15) is 4.79 Å². The molecule has 0 aromatic heterocycles. The Labute approximate surface area is 221 Å². The van der Waals surface area contributed by atoms with Gasteiger partial charge in [0.2, 0.25) is 0 Å². The molecule has 0 atom stereocenters. The molecule has 2 aliphatic heterocycles. The normalized spacial score (nSPS) is 16.5. The molecule has 2 aliphatic rings. The van der Waals surface area contributed by atoms with Gasteiger partial charge in [0.05, 0.1) is 5.69 Å². The monoisotopic (exact) mass is 492 g/mol. The zero-order valence-electron chi connectivity index (χ0n) is 22.0. The third-order valence-corrected chi connectivity index (χ3v) is 7.77. The minimum Gasteiger partial charge on any atom is -0.368 e. The summed E-state index contributed by atoms with van der Waals surface area (Å²) in [7, 11) is 0. The topological polar surface area (TPSA) is 30.0 Å². The van der Waals surface area contributed by atoms with Gasteiger partial charge in [-0.15, -0.1) is 6.42 Å². The van der Waals surface area contributed by atoms with Crippen molar-refractivity contribution in [3.63, 3.8) is 0 Å². The molecule has 1 amide bonds. The van der Waals surface area contributed by atoms with Crippen LogP contribution in [0.5, 0.6) is 0 Å². The van der Waals surface area contributed by atoms with E-state index in [1.165, 1.54) is 16.8 Å². The van der Waals surface area contributed by atoms with Crippen LogP contribution in [0.3, 0.4) is 0 Å². The van der Waals surface area contributed by atoms with Crippen LogP contribution in [0.2, 0.25) is 0 Å². The number of carbonyl (C=O) groups excluding carboxylic acids is 1. The molecule has 3 aromatic carbocycles. The van der Waals surface area contributed by atoms with E-state index in [1.54, 1.807) is 0 Å². The molecule has 190 valence electrons. The second-order valence-corrected chi connectivity index (χ2v) is 10.1. The fraction of sp³-hybridized carbons (Fsp3) is 0.344. The van der Waals surface area contributed by atoms with Crippen LogP contribution in [0.15, 0.2) is 66.7 Å². The molecular formula is C32H36N4O. The average Bonchev–Trinajstić information content (AvgIpc) is 2.95. The van der Waals surface area contributed by atoms with Gasteiger partial charge in [-0.2, -0.15) is 0 Å². The van der Waals surface area contributed by atoms with Gasteiger partial charge in [0, 0.05) is 75.7 Å². The number of rotatable bonds is 5. The Hall–Kier alpha value is -3.75. The molecule has 2 fully saturated rings. The molecule has 37 heavy (non-hydrogen) atoms. The van der Waals surface area contributed by atoms with Crippen molar-refractivity contribution in [1.29, 1.82) is 0 Å². The zero-order valence-corrected chi connectivity index (χ0v) is 22.0. The van der Waals surface area contributed by atoms with Gasteiger partial charge in [-0.05, 0) is 60.9 Å². The number of terminal acetylenes is 1. The molecule has 2 heterocycles. The van der Waals surface area contributed by atoms with E-state index in [-0.39, 0.29) is 5.91 Å². The van der Waals surface area contributed by atoms with Crippen molar-refractivity contribution in [2.24, 2.45) is 0 Å². The first kappa shape index (κ1) is 24.9. The van der Waals surface area contributed by atoms with Crippen LogP contribution in [-0.2, 0) is 6.54 Å². The minimum atomic E-state index is 0.155. The molecule has 0 bridgehead atoms. The number of benzene rings is 3. The van der Waals surface area contributed by atoms with E-state index >= 15 is 0 Å². The number of para-hydroxylation sites is 2. The molecule has 2 saturated heterocycles. The minimum absolute atomic E-state index is 0.155. The zero-order chi connectivity index (χ0) is 25.8. The number of piperazine rings is 2. The van der Waals surface area contributed by atoms with E-state index < -0.39 is 0 Å². The molecule has 3 aromatic rings. The largest absolute Gasteiger partial charge is 0.368 e. The first-order chi connectivity index (χ1) is 18.0. The smallest absolute Gasteiger partial charge is 0.254 e. The van der Waals surface area contributed by atoms with Gasteiger partial charge in [-0.1, -0.05) is 42.3 Å². The summed E-state index contributed by atoms with van der Waals surface area (Å²) in [6.45, 7) is 12.1. The number of hydrogen-bond donors (Lipinski definition) is 0. The molecule has 5 heteroatoms. The van der Waals surface area contributed by atoms with Crippen LogP contribution in [0, 0.1) is 26.2 Å². The van der Waals surface area contributed by atoms with Gasteiger partial charge < -0.3 is 14.7 Å². The third-order valence-electron chi connectivity index (χ3n) is 7.77. The first-order valence-corrected chi connectivity index (χ1v) is 13.3. The molecule has 0 radical (unpaired) electrons. The van der Waals surface area contributed by atoms with E-state index in [0.29, 0.717) is 0 Å². The lowest BCUT2D eigenvalue weighted by molar-refractivity contribution is 0.0746. The Bertz CT molecular complexity index is 1280. The molecule has 5 nitrogen and oxygen atoms in total. The number of amides is 1. The maximum atomic E-state index is 13.6. The number of nitrogens with zero attached hydrogens (tertiary/aromatic N) is 4. The van der Waals surface area contributed by atoms with Gasteiger partial charge in [0.1, 0.15) is 0 Å². The molecule has 0 saturated carbocycles. The molecule has 0 unspecified atom stereocenters. The van der Waals surface area contributed by atoms with Crippen molar-refractivity contribution >= 4 is 17.3 Å².